The summed E-state index contributed by atoms with van der Waals surface area (Å²) >= 11 is 0. The van der Waals surface area contributed by atoms with Crippen LogP contribution in [-0.2, 0) is 14.3 Å². The molecule has 0 aromatic heterocycles. The second-order valence-corrected chi connectivity index (χ2v) is 16.4. The molecular formula is C48H93NO5. The molecule has 320 valence electrons. The maximum absolute atomic E-state index is 12.4. The van der Waals surface area contributed by atoms with Gasteiger partial charge in [0.2, 0.25) is 5.91 Å². The minimum atomic E-state index is -0.678. The van der Waals surface area contributed by atoms with Crippen LogP contribution < -0.4 is 5.32 Å². The molecule has 0 saturated heterocycles. The van der Waals surface area contributed by atoms with Gasteiger partial charge in [0.15, 0.2) is 0 Å². The third-order valence-corrected chi connectivity index (χ3v) is 11.1. The summed E-state index contributed by atoms with van der Waals surface area (Å²) < 4.78 is 5.45. The second-order valence-electron chi connectivity index (χ2n) is 16.4. The van der Waals surface area contributed by atoms with E-state index in [4.69, 9.17) is 4.74 Å². The van der Waals surface area contributed by atoms with Crippen molar-refractivity contribution < 1.29 is 24.5 Å². The maximum atomic E-state index is 12.4. The normalized spacial score (nSPS) is 12.7. The molecule has 0 spiro atoms. The Morgan fingerprint density at radius 1 is 0.500 bits per heavy atom. The first-order valence-electron chi connectivity index (χ1n) is 23.9. The quantitative estimate of drug-likeness (QED) is 0.0326. The summed E-state index contributed by atoms with van der Waals surface area (Å²) in [5, 5.41) is 23.0. The largest absolute Gasteiger partial charge is 0.466 e. The van der Waals surface area contributed by atoms with Gasteiger partial charge in [-0.3, -0.25) is 9.59 Å². The number of amides is 1. The number of aliphatic hydroxyl groups is 2. The lowest BCUT2D eigenvalue weighted by molar-refractivity contribution is -0.143. The third-order valence-electron chi connectivity index (χ3n) is 11.1. The van der Waals surface area contributed by atoms with Crippen LogP contribution in [0.25, 0.3) is 0 Å². The molecule has 2 unspecified atom stereocenters. The first kappa shape index (κ1) is 52.6. The highest BCUT2D eigenvalue weighted by atomic mass is 16.5. The summed E-state index contributed by atoms with van der Waals surface area (Å²) in [7, 11) is 0. The summed E-state index contributed by atoms with van der Waals surface area (Å²) in [6.45, 7) is 4.86. The average molecular weight is 764 g/mol. The maximum Gasteiger partial charge on any atom is 0.305 e. The Morgan fingerprint density at radius 2 is 0.870 bits per heavy atom. The van der Waals surface area contributed by atoms with Crippen LogP contribution >= 0.6 is 0 Å². The zero-order valence-corrected chi connectivity index (χ0v) is 36.2. The zero-order valence-electron chi connectivity index (χ0n) is 36.2. The number of aliphatic hydroxyl groups excluding tert-OH is 2. The van der Waals surface area contributed by atoms with Gasteiger partial charge in [-0.1, -0.05) is 206 Å². The molecule has 3 N–H and O–H groups in total. The van der Waals surface area contributed by atoms with Crippen LogP contribution in [0.1, 0.15) is 258 Å². The van der Waals surface area contributed by atoms with Crippen molar-refractivity contribution in [3.05, 3.63) is 12.2 Å². The van der Waals surface area contributed by atoms with E-state index in [1.807, 2.05) is 0 Å². The van der Waals surface area contributed by atoms with Crippen LogP contribution in [0.4, 0.5) is 0 Å². The fraction of sp³-hybridized carbons (Fsp3) is 0.917. The number of carbonyl (C=O) groups excluding carboxylic acids is 2. The lowest BCUT2D eigenvalue weighted by atomic mass is 10.0. The lowest BCUT2D eigenvalue weighted by Crippen LogP contribution is -2.45. The van der Waals surface area contributed by atoms with Gasteiger partial charge in [0.1, 0.15) is 0 Å². The Hall–Kier alpha value is -1.40. The number of nitrogens with one attached hydrogen (secondary N) is 1. The van der Waals surface area contributed by atoms with Crippen molar-refractivity contribution in [2.45, 2.75) is 270 Å². The molecule has 0 bridgehead atoms. The summed E-state index contributed by atoms with van der Waals surface area (Å²) in [4.78, 5) is 24.4. The highest BCUT2D eigenvalue weighted by molar-refractivity contribution is 5.76. The summed E-state index contributed by atoms with van der Waals surface area (Å²) in [5.74, 6) is -0.0910. The van der Waals surface area contributed by atoms with Gasteiger partial charge in [0.05, 0.1) is 25.4 Å². The summed E-state index contributed by atoms with van der Waals surface area (Å²) in [6.07, 6.45) is 48.9. The topological polar surface area (TPSA) is 95.9 Å². The van der Waals surface area contributed by atoms with Crippen LogP contribution in [0.3, 0.4) is 0 Å². The first-order chi connectivity index (χ1) is 26.5. The van der Waals surface area contributed by atoms with E-state index < -0.39 is 12.1 Å². The molecule has 6 heteroatoms. The van der Waals surface area contributed by atoms with Gasteiger partial charge in [0, 0.05) is 12.8 Å². The SMILES string of the molecule is CCCCCCCC/C=C\CCCCCCCCCCCC(=O)OCCCCCCCCCCCC(=O)NC(CO)C(O)CCCCCCCCCCC. The Bertz CT molecular complexity index is 802. The fourth-order valence-electron chi connectivity index (χ4n) is 7.34. The number of hydrogen-bond acceptors (Lipinski definition) is 5. The molecule has 0 aromatic rings. The number of hydrogen-bond donors (Lipinski definition) is 3. The molecule has 6 nitrogen and oxygen atoms in total. The highest BCUT2D eigenvalue weighted by Gasteiger charge is 2.20. The van der Waals surface area contributed by atoms with Crippen molar-refractivity contribution in [3.8, 4) is 0 Å². The molecule has 0 fully saturated rings. The van der Waals surface area contributed by atoms with Crippen molar-refractivity contribution in [3.63, 3.8) is 0 Å². The predicted molar refractivity (Wildman–Crippen MR) is 232 cm³/mol. The van der Waals surface area contributed by atoms with E-state index >= 15 is 0 Å². The van der Waals surface area contributed by atoms with Crippen LogP contribution in [0, 0.1) is 0 Å². The zero-order chi connectivity index (χ0) is 39.4. The van der Waals surface area contributed by atoms with Crippen LogP contribution in [0.2, 0.25) is 0 Å². The van der Waals surface area contributed by atoms with Gasteiger partial charge in [-0.15, -0.1) is 0 Å². The van der Waals surface area contributed by atoms with Crippen LogP contribution in [0.5, 0.6) is 0 Å². The van der Waals surface area contributed by atoms with E-state index in [0.29, 0.717) is 25.9 Å². The minimum absolute atomic E-state index is 0.0261. The Morgan fingerprint density at radius 3 is 1.31 bits per heavy atom. The monoisotopic (exact) mass is 764 g/mol. The van der Waals surface area contributed by atoms with Crippen LogP contribution in [0.15, 0.2) is 12.2 Å². The molecule has 0 aliphatic heterocycles. The van der Waals surface area contributed by atoms with Crippen molar-refractivity contribution in [1.82, 2.24) is 5.32 Å². The average Bonchev–Trinajstić information content (AvgIpc) is 3.17. The molecule has 1 amide bonds. The molecule has 54 heavy (non-hydrogen) atoms. The van der Waals surface area contributed by atoms with Crippen molar-refractivity contribution in [2.24, 2.45) is 0 Å². The summed E-state index contributed by atoms with van der Waals surface area (Å²) in [5.41, 5.74) is 0. The van der Waals surface area contributed by atoms with Gasteiger partial charge < -0.3 is 20.3 Å². The molecular weight excluding hydrogens is 671 g/mol. The van der Waals surface area contributed by atoms with E-state index in [-0.39, 0.29) is 18.5 Å². The Kier molecular flexibility index (Phi) is 43.2. The Balaban J connectivity index is 3.44. The number of allylic oxidation sites excluding steroid dienone is 2. The van der Waals surface area contributed by atoms with Crippen molar-refractivity contribution >= 4 is 11.9 Å². The van der Waals surface area contributed by atoms with E-state index in [1.54, 1.807) is 0 Å². The van der Waals surface area contributed by atoms with E-state index in [1.165, 1.54) is 167 Å². The Labute approximate surface area is 336 Å². The van der Waals surface area contributed by atoms with Crippen molar-refractivity contribution in [1.29, 1.82) is 0 Å². The van der Waals surface area contributed by atoms with Gasteiger partial charge in [-0.2, -0.15) is 0 Å². The highest BCUT2D eigenvalue weighted by Crippen LogP contribution is 2.15. The predicted octanol–water partition coefficient (Wildman–Crippen LogP) is 13.8. The number of esters is 1. The molecule has 0 radical (unpaired) electrons. The third kappa shape index (κ3) is 40.3. The van der Waals surface area contributed by atoms with E-state index in [9.17, 15) is 19.8 Å². The van der Waals surface area contributed by atoms with Gasteiger partial charge >= 0.3 is 5.97 Å². The molecule has 0 rings (SSSR count). The first-order valence-corrected chi connectivity index (χ1v) is 23.9. The van der Waals surface area contributed by atoms with Gasteiger partial charge in [-0.25, -0.2) is 0 Å². The minimum Gasteiger partial charge on any atom is -0.466 e. The molecule has 0 heterocycles. The fourth-order valence-corrected chi connectivity index (χ4v) is 7.34. The van der Waals surface area contributed by atoms with E-state index in [2.05, 4.69) is 31.3 Å². The number of rotatable bonds is 44. The lowest BCUT2D eigenvalue weighted by Gasteiger charge is -2.22. The molecule has 0 aliphatic carbocycles. The number of unbranched alkanes of at least 4 members (excludes halogenated alkanes) is 31. The standard InChI is InChI=1S/C48H93NO5/c1-3-5-7-9-11-13-14-15-16-17-18-19-20-21-22-26-30-34-38-42-48(53)54-43-39-35-31-27-23-25-29-33-37-41-47(52)49-45(44-50)46(51)40-36-32-28-24-12-10-8-6-4-2/h15-16,45-46,50-51H,3-14,17-44H2,1-2H3,(H,49,52)/b16-15-. The smallest absolute Gasteiger partial charge is 0.305 e. The molecule has 0 aliphatic rings. The molecule has 0 saturated carbocycles. The molecule has 2 atom stereocenters. The van der Waals surface area contributed by atoms with Gasteiger partial charge in [0.25, 0.3) is 0 Å². The second kappa shape index (κ2) is 44.3. The molecule has 0 aromatic carbocycles. The number of ether oxygens (including phenoxy) is 1. The number of carbonyl (C=O) groups is 2. The summed E-state index contributed by atoms with van der Waals surface area (Å²) in [6, 6.07) is -0.558. The van der Waals surface area contributed by atoms with Crippen LogP contribution in [-0.4, -0.2) is 47.4 Å². The van der Waals surface area contributed by atoms with Gasteiger partial charge in [-0.05, 0) is 51.4 Å². The van der Waals surface area contributed by atoms with E-state index in [0.717, 1.165) is 57.8 Å². The van der Waals surface area contributed by atoms with Crippen molar-refractivity contribution in [2.75, 3.05) is 13.2 Å².